The summed E-state index contributed by atoms with van der Waals surface area (Å²) in [6.45, 7) is 2.52. The molecule has 0 saturated heterocycles. The SMILES string of the molecule is Cc1ccc(C[n+]2csc(CCO)c2CO)c(N)n1. The van der Waals surface area contributed by atoms with Crippen molar-refractivity contribution in [2.24, 2.45) is 0 Å². The Bertz CT molecular complexity index is 569. The molecule has 0 saturated carbocycles. The topological polar surface area (TPSA) is 83.2 Å². The number of aromatic nitrogens is 2. The van der Waals surface area contributed by atoms with Crippen LogP contribution in [0.1, 0.15) is 21.8 Å². The van der Waals surface area contributed by atoms with Gasteiger partial charge >= 0.3 is 0 Å². The predicted molar refractivity (Wildman–Crippen MR) is 73.7 cm³/mol. The highest BCUT2D eigenvalue weighted by Crippen LogP contribution is 2.15. The van der Waals surface area contributed by atoms with Gasteiger partial charge in [0.2, 0.25) is 11.2 Å². The monoisotopic (exact) mass is 280 g/mol. The highest BCUT2D eigenvalue weighted by Gasteiger charge is 2.19. The highest BCUT2D eigenvalue weighted by atomic mass is 32.1. The second-order valence-corrected chi connectivity index (χ2v) is 5.29. The Labute approximate surface area is 116 Å². The van der Waals surface area contributed by atoms with Crippen molar-refractivity contribution in [3.05, 3.63) is 39.5 Å². The summed E-state index contributed by atoms with van der Waals surface area (Å²) in [5, 5.41) is 18.5. The summed E-state index contributed by atoms with van der Waals surface area (Å²) in [5.74, 6) is 0.520. The second kappa shape index (κ2) is 6.10. The Morgan fingerprint density at radius 1 is 1.37 bits per heavy atom. The lowest BCUT2D eigenvalue weighted by molar-refractivity contribution is -0.692. The summed E-state index contributed by atoms with van der Waals surface area (Å²) in [6.07, 6.45) is 0.565. The molecular weight excluding hydrogens is 262 g/mol. The third kappa shape index (κ3) is 3.09. The number of nitrogens with zero attached hydrogens (tertiary/aromatic N) is 2. The fourth-order valence-electron chi connectivity index (χ4n) is 1.96. The molecule has 2 rings (SSSR count). The molecule has 102 valence electrons. The predicted octanol–water partition coefficient (Wildman–Crippen LogP) is 0.397. The molecule has 0 aliphatic rings. The number of pyridine rings is 1. The molecule has 19 heavy (non-hydrogen) atoms. The first-order valence-electron chi connectivity index (χ1n) is 6.08. The van der Waals surface area contributed by atoms with E-state index >= 15 is 0 Å². The van der Waals surface area contributed by atoms with E-state index < -0.39 is 0 Å². The molecule has 0 amide bonds. The first kappa shape index (κ1) is 13.9. The zero-order chi connectivity index (χ0) is 13.8. The molecule has 0 atom stereocenters. The lowest BCUT2D eigenvalue weighted by Crippen LogP contribution is -2.37. The molecule has 0 aliphatic carbocycles. The minimum atomic E-state index is -0.0436. The van der Waals surface area contributed by atoms with Gasteiger partial charge in [0, 0.05) is 18.7 Å². The van der Waals surface area contributed by atoms with Crippen LogP contribution in [0.5, 0.6) is 0 Å². The van der Waals surface area contributed by atoms with Crippen molar-refractivity contribution in [1.82, 2.24) is 4.98 Å². The third-order valence-corrected chi connectivity index (χ3v) is 4.06. The van der Waals surface area contributed by atoms with Gasteiger partial charge in [0.25, 0.3) is 0 Å². The van der Waals surface area contributed by atoms with E-state index in [-0.39, 0.29) is 13.2 Å². The van der Waals surface area contributed by atoms with Gasteiger partial charge in [-0.15, -0.1) is 0 Å². The molecule has 0 aliphatic heterocycles. The normalized spacial score (nSPS) is 10.9. The van der Waals surface area contributed by atoms with E-state index in [4.69, 9.17) is 10.8 Å². The van der Waals surface area contributed by atoms with Crippen molar-refractivity contribution >= 4 is 17.2 Å². The number of thiazole rings is 1. The molecule has 2 aromatic heterocycles. The number of hydrogen-bond donors (Lipinski definition) is 3. The van der Waals surface area contributed by atoms with E-state index in [0.717, 1.165) is 21.8 Å². The van der Waals surface area contributed by atoms with Crippen LogP contribution in [0.25, 0.3) is 0 Å². The fourth-order valence-corrected chi connectivity index (χ4v) is 2.94. The molecule has 6 heteroatoms. The van der Waals surface area contributed by atoms with Crippen molar-refractivity contribution in [2.75, 3.05) is 12.3 Å². The van der Waals surface area contributed by atoms with Gasteiger partial charge in [-0.05, 0) is 19.1 Å². The van der Waals surface area contributed by atoms with Crippen LogP contribution < -0.4 is 10.3 Å². The van der Waals surface area contributed by atoms with Crippen LogP contribution in [0, 0.1) is 6.92 Å². The van der Waals surface area contributed by atoms with Crippen molar-refractivity contribution in [2.45, 2.75) is 26.5 Å². The molecule has 0 aromatic carbocycles. The Morgan fingerprint density at radius 3 is 2.79 bits per heavy atom. The maximum absolute atomic E-state index is 9.46. The Kier molecular flexibility index (Phi) is 4.47. The Hall–Kier alpha value is -1.50. The van der Waals surface area contributed by atoms with E-state index in [1.165, 1.54) is 11.3 Å². The highest BCUT2D eigenvalue weighted by molar-refractivity contribution is 7.09. The zero-order valence-electron chi connectivity index (χ0n) is 10.8. The molecule has 5 nitrogen and oxygen atoms in total. The molecule has 0 unspecified atom stereocenters. The van der Waals surface area contributed by atoms with Crippen molar-refractivity contribution in [1.29, 1.82) is 0 Å². The Morgan fingerprint density at radius 2 is 2.16 bits per heavy atom. The number of aliphatic hydroxyl groups excluding tert-OH is 2. The first-order valence-corrected chi connectivity index (χ1v) is 6.96. The number of rotatable bonds is 5. The molecule has 0 radical (unpaired) electrons. The second-order valence-electron chi connectivity index (χ2n) is 4.35. The van der Waals surface area contributed by atoms with Crippen LogP contribution in [-0.4, -0.2) is 21.8 Å². The van der Waals surface area contributed by atoms with E-state index in [2.05, 4.69) is 4.98 Å². The van der Waals surface area contributed by atoms with Gasteiger partial charge in [-0.25, -0.2) is 4.98 Å². The van der Waals surface area contributed by atoms with Gasteiger partial charge in [-0.1, -0.05) is 11.3 Å². The summed E-state index contributed by atoms with van der Waals surface area (Å²) in [5.41, 5.74) is 10.5. The fraction of sp³-hybridized carbons (Fsp3) is 0.385. The maximum atomic E-state index is 9.46. The Balaban J connectivity index is 2.27. The number of hydrogen-bond acceptors (Lipinski definition) is 5. The van der Waals surface area contributed by atoms with Gasteiger partial charge in [0.15, 0.2) is 6.54 Å². The molecule has 0 spiro atoms. The third-order valence-electron chi connectivity index (χ3n) is 2.97. The van der Waals surface area contributed by atoms with Gasteiger partial charge in [-0.3, -0.25) is 0 Å². The first-order chi connectivity index (χ1) is 9.15. The van der Waals surface area contributed by atoms with Crippen molar-refractivity contribution in [3.8, 4) is 0 Å². The molecule has 0 bridgehead atoms. The lowest BCUT2D eigenvalue weighted by atomic mass is 10.2. The van der Waals surface area contributed by atoms with Crippen LogP contribution in [-0.2, 0) is 19.6 Å². The van der Waals surface area contributed by atoms with E-state index in [0.29, 0.717) is 18.8 Å². The molecule has 0 fully saturated rings. The molecule has 2 heterocycles. The average molecular weight is 280 g/mol. The molecule has 2 aromatic rings. The molecule has 4 N–H and O–H groups in total. The lowest BCUT2D eigenvalue weighted by Gasteiger charge is -2.03. The number of nitrogen functional groups attached to an aromatic ring is 1. The van der Waals surface area contributed by atoms with E-state index in [9.17, 15) is 5.11 Å². The van der Waals surface area contributed by atoms with Crippen molar-refractivity contribution < 1.29 is 14.8 Å². The largest absolute Gasteiger partial charge is 0.396 e. The number of anilines is 1. The summed E-state index contributed by atoms with van der Waals surface area (Å²) in [6, 6.07) is 3.88. The minimum absolute atomic E-state index is 0.0436. The number of aliphatic hydroxyl groups is 2. The number of nitrogens with two attached hydrogens (primary N) is 1. The van der Waals surface area contributed by atoms with E-state index in [1.807, 2.05) is 29.1 Å². The minimum Gasteiger partial charge on any atom is -0.396 e. The summed E-state index contributed by atoms with van der Waals surface area (Å²) >= 11 is 1.54. The summed E-state index contributed by atoms with van der Waals surface area (Å²) < 4.78 is 1.96. The van der Waals surface area contributed by atoms with Gasteiger partial charge < -0.3 is 15.9 Å². The van der Waals surface area contributed by atoms with Crippen LogP contribution in [0.4, 0.5) is 5.82 Å². The average Bonchev–Trinajstić information content (AvgIpc) is 2.75. The van der Waals surface area contributed by atoms with Crippen molar-refractivity contribution in [3.63, 3.8) is 0 Å². The zero-order valence-corrected chi connectivity index (χ0v) is 11.7. The van der Waals surface area contributed by atoms with Crippen LogP contribution in [0.15, 0.2) is 17.6 Å². The van der Waals surface area contributed by atoms with Gasteiger partial charge in [-0.2, -0.15) is 4.57 Å². The molecular formula is C13H18N3O2S+. The quantitative estimate of drug-likeness (QED) is 0.692. The van der Waals surface area contributed by atoms with Crippen LogP contribution in [0.3, 0.4) is 0 Å². The van der Waals surface area contributed by atoms with Gasteiger partial charge in [0.05, 0.1) is 10.4 Å². The standard InChI is InChI=1S/C13H18N3O2S/c1-9-2-3-10(13(14)15-9)6-16-8-19-12(4-5-17)11(16)7-18/h2-3,8,17-18H,4-7H2,1H3,(H2,14,15)/q+1. The van der Waals surface area contributed by atoms with E-state index in [1.54, 1.807) is 0 Å². The van der Waals surface area contributed by atoms with Crippen LogP contribution >= 0.6 is 11.3 Å². The van der Waals surface area contributed by atoms with Gasteiger partial charge in [0.1, 0.15) is 12.4 Å². The van der Waals surface area contributed by atoms with Crippen LogP contribution in [0.2, 0.25) is 0 Å². The smallest absolute Gasteiger partial charge is 0.225 e. The summed E-state index contributed by atoms with van der Waals surface area (Å²) in [7, 11) is 0. The number of aryl methyl sites for hydroxylation is 1. The summed E-state index contributed by atoms with van der Waals surface area (Å²) in [4.78, 5) is 5.24. The maximum Gasteiger partial charge on any atom is 0.225 e.